The van der Waals surface area contributed by atoms with E-state index in [1.807, 2.05) is 11.8 Å². The number of thioether (sulfide) groups is 1. The summed E-state index contributed by atoms with van der Waals surface area (Å²) in [5.74, 6) is 0.902. The maximum Gasteiger partial charge on any atom is 0.306 e. The number of hydrogen-bond donors (Lipinski definition) is 1. The highest BCUT2D eigenvalue weighted by atomic mass is 32.2. The largest absolute Gasteiger partial charge is 0.481 e. The van der Waals surface area contributed by atoms with Gasteiger partial charge in [-0.3, -0.25) is 9.69 Å². The zero-order chi connectivity index (χ0) is 13.9. The van der Waals surface area contributed by atoms with Gasteiger partial charge in [-0.25, -0.2) is 0 Å². The number of hydrogen-bond acceptors (Lipinski definition) is 4. The minimum absolute atomic E-state index is 0.104. The molecule has 0 saturated carbocycles. The Hall–Kier alpha value is -1.04. The molecule has 2 aliphatic rings. The highest BCUT2D eigenvalue weighted by Crippen LogP contribution is 2.39. The number of nitrogens with zero attached hydrogens (tertiary/aromatic N) is 1. The number of morpholine rings is 1. The third-order valence-corrected chi connectivity index (χ3v) is 5.15. The van der Waals surface area contributed by atoms with E-state index >= 15 is 0 Å². The zero-order valence-electron chi connectivity index (χ0n) is 11.3. The summed E-state index contributed by atoms with van der Waals surface area (Å²) >= 11 is 1.92. The highest BCUT2D eigenvalue weighted by Gasteiger charge is 2.28. The van der Waals surface area contributed by atoms with E-state index in [1.54, 1.807) is 0 Å². The SMILES string of the molecule is O=C(O)CC1CN(CC2CSc3ccccc32)CCO1. The second kappa shape index (κ2) is 6.16. The number of carboxylic acids is 1. The minimum atomic E-state index is -0.779. The molecule has 0 aromatic heterocycles. The van der Waals surface area contributed by atoms with Crippen molar-refractivity contribution in [3.05, 3.63) is 29.8 Å². The molecule has 20 heavy (non-hydrogen) atoms. The van der Waals surface area contributed by atoms with E-state index in [0.29, 0.717) is 12.5 Å². The fourth-order valence-electron chi connectivity index (χ4n) is 2.96. The predicted octanol–water partition coefficient (Wildman–Crippen LogP) is 2.05. The van der Waals surface area contributed by atoms with Gasteiger partial charge in [0.15, 0.2) is 0 Å². The molecule has 0 amide bonds. The number of rotatable bonds is 4. The van der Waals surface area contributed by atoms with Gasteiger partial charge in [0.25, 0.3) is 0 Å². The molecule has 4 nitrogen and oxygen atoms in total. The molecule has 0 aliphatic carbocycles. The van der Waals surface area contributed by atoms with Gasteiger partial charge in [0, 0.05) is 36.2 Å². The molecule has 0 spiro atoms. The van der Waals surface area contributed by atoms with Gasteiger partial charge < -0.3 is 9.84 Å². The summed E-state index contributed by atoms with van der Waals surface area (Å²) in [6, 6.07) is 8.60. The van der Waals surface area contributed by atoms with Crippen LogP contribution in [0.2, 0.25) is 0 Å². The van der Waals surface area contributed by atoms with E-state index in [4.69, 9.17) is 9.84 Å². The Labute approximate surface area is 123 Å². The van der Waals surface area contributed by atoms with E-state index in [0.717, 1.165) is 25.4 Å². The van der Waals surface area contributed by atoms with E-state index in [2.05, 4.69) is 29.2 Å². The summed E-state index contributed by atoms with van der Waals surface area (Å²) in [5.41, 5.74) is 1.44. The van der Waals surface area contributed by atoms with Crippen LogP contribution in [-0.2, 0) is 9.53 Å². The Kier molecular flexibility index (Phi) is 4.29. The first-order chi connectivity index (χ1) is 9.72. The molecule has 1 aromatic carbocycles. The lowest BCUT2D eigenvalue weighted by molar-refractivity contribution is -0.142. The molecular weight excluding hydrogens is 274 g/mol. The molecule has 2 heterocycles. The maximum absolute atomic E-state index is 10.8. The van der Waals surface area contributed by atoms with Gasteiger partial charge in [-0.1, -0.05) is 18.2 Å². The number of aliphatic carboxylic acids is 1. The molecule has 2 unspecified atom stereocenters. The second-order valence-corrected chi connectivity index (χ2v) is 6.46. The van der Waals surface area contributed by atoms with Crippen molar-refractivity contribution in [3.63, 3.8) is 0 Å². The van der Waals surface area contributed by atoms with Crippen molar-refractivity contribution >= 4 is 17.7 Å². The molecule has 1 aromatic rings. The summed E-state index contributed by atoms with van der Waals surface area (Å²) in [5, 5.41) is 8.86. The van der Waals surface area contributed by atoms with Crippen molar-refractivity contribution in [3.8, 4) is 0 Å². The average molecular weight is 293 g/mol. The van der Waals surface area contributed by atoms with Crippen LogP contribution in [0.4, 0.5) is 0 Å². The van der Waals surface area contributed by atoms with Gasteiger partial charge in [0.05, 0.1) is 19.1 Å². The normalized spacial score (nSPS) is 26.4. The summed E-state index contributed by atoms with van der Waals surface area (Å²) in [4.78, 5) is 14.5. The van der Waals surface area contributed by atoms with Gasteiger partial charge in [-0.05, 0) is 11.6 Å². The van der Waals surface area contributed by atoms with E-state index in [9.17, 15) is 4.79 Å². The first kappa shape index (κ1) is 13.9. The molecule has 3 rings (SSSR count). The van der Waals surface area contributed by atoms with Gasteiger partial charge >= 0.3 is 5.97 Å². The maximum atomic E-state index is 10.8. The van der Waals surface area contributed by atoms with Gasteiger partial charge in [-0.2, -0.15) is 0 Å². The Morgan fingerprint density at radius 1 is 1.45 bits per heavy atom. The summed E-state index contributed by atoms with van der Waals surface area (Å²) in [6.07, 6.45) is -0.0579. The summed E-state index contributed by atoms with van der Waals surface area (Å²) in [6.45, 7) is 3.28. The Morgan fingerprint density at radius 2 is 2.30 bits per heavy atom. The second-order valence-electron chi connectivity index (χ2n) is 5.40. The number of carbonyl (C=O) groups is 1. The molecule has 1 saturated heterocycles. The standard InChI is InChI=1S/C15H19NO3S/c17-15(18)7-12-9-16(5-6-19-12)8-11-10-20-14-4-2-1-3-13(11)14/h1-4,11-12H,5-10H2,(H,17,18). The third kappa shape index (κ3) is 3.16. The molecule has 5 heteroatoms. The first-order valence-electron chi connectivity index (χ1n) is 7.00. The molecule has 1 fully saturated rings. The molecule has 1 N–H and O–H groups in total. The van der Waals surface area contributed by atoms with E-state index in [1.165, 1.54) is 10.5 Å². The molecular formula is C15H19NO3S. The number of benzene rings is 1. The van der Waals surface area contributed by atoms with Crippen LogP contribution in [0, 0.1) is 0 Å². The fraction of sp³-hybridized carbons (Fsp3) is 0.533. The van der Waals surface area contributed by atoms with Gasteiger partial charge in [-0.15, -0.1) is 11.8 Å². The van der Waals surface area contributed by atoms with E-state index < -0.39 is 5.97 Å². The molecule has 2 aliphatic heterocycles. The van der Waals surface area contributed by atoms with Crippen LogP contribution in [0.25, 0.3) is 0 Å². The van der Waals surface area contributed by atoms with E-state index in [-0.39, 0.29) is 12.5 Å². The van der Waals surface area contributed by atoms with Crippen molar-refractivity contribution in [2.75, 3.05) is 32.0 Å². The van der Waals surface area contributed by atoms with Crippen molar-refractivity contribution in [1.29, 1.82) is 0 Å². The smallest absolute Gasteiger partial charge is 0.306 e. The lowest BCUT2D eigenvalue weighted by Gasteiger charge is -2.33. The van der Waals surface area contributed by atoms with Crippen LogP contribution in [-0.4, -0.2) is 54.1 Å². The van der Waals surface area contributed by atoms with Crippen molar-refractivity contribution in [1.82, 2.24) is 4.90 Å². The topological polar surface area (TPSA) is 49.8 Å². The van der Waals surface area contributed by atoms with Crippen molar-refractivity contribution in [2.24, 2.45) is 0 Å². The summed E-state index contributed by atoms with van der Waals surface area (Å²) < 4.78 is 5.53. The monoisotopic (exact) mass is 293 g/mol. The Balaban J connectivity index is 1.60. The summed E-state index contributed by atoms with van der Waals surface area (Å²) in [7, 11) is 0. The Morgan fingerprint density at radius 3 is 3.15 bits per heavy atom. The van der Waals surface area contributed by atoms with Gasteiger partial charge in [0.2, 0.25) is 0 Å². The molecule has 108 valence electrons. The third-order valence-electron chi connectivity index (χ3n) is 3.90. The Bertz CT molecular complexity index is 494. The number of carboxylic acid groups (broad SMARTS) is 1. The molecule has 2 atom stereocenters. The lowest BCUT2D eigenvalue weighted by atomic mass is 10.0. The van der Waals surface area contributed by atoms with Crippen molar-refractivity contribution in [2.45, 2.75) is 23.3 Å². The number of fused-ring (bicyclic) bond motifs is 1. The van der Waals surface area contributed by atoms with Crippen LogP contribution in [0.1, 0.15) is 17.9 Å². The predicted molar refractivity (Wildman–Crippen MR) is 78.3 cm³/mol. The van der Waals surface area contributed by atoms with Crippen LogP contribution >= 0.6 is 11.8 Å². The lowest BCUT2D eigenvalue weighted by Crippen LogP contribution is -2.44. The fourth-order valence-corrected chi connectivity index (χ4v) is 4.20. The molecule has 0 radical (unpaired) electrons. The van der Waals surface area contributed by atoms with Crippen molar-refractivity contribution < 1.29 is 14.6 Å². The number of ether oxygens (including phenoxy) is 1. The van der Waals surface area contributed by atoms with Crippen LogP contribution in [0.15, 0.2) is 29.2 Å². The quantitative estimate of drug-likeness (QED) is 0.921. The first-order valence-corrected chi connectivity index (χ1v) is 7.98. The van der Waals surface area contributed by atoms with Crippen LogP contribution < -0.4 is 0 Å². The minimum Gasteiger partial charge on any atom is -0.481 e. The van der Waals surface area contributed by atoms with Gasteiger partial charge in [0.1, 0.15) is 0 Å². The average Bonchev–Trinajstić information content (AvgIpc) is 2.82. The zero-order valence-corrected chi connectivity index (χ0v) is 12.1. The highest BCUT2D eigenvalue weighted by molar-refractivity contribution is 7.99. The van der Waals surface area contributed by atoms with Crippen LogP contribution in [0.3, 0.4) is 0 Å². The van der Waals surface area contributed by atoms with Crippen LogP contribution in [0.5, 0.6) is 0 Å². The molecule has 0 bridgehead atoms.